The molecule has 2 aromatic heterocycles. The van der Waals surface area contributed by atoms with Crippen LogP contribution in [0, 0.1) is 6.92 Å². The van der Waals surface area contributed by atoms with Gasteiger partial charge in [0, 0.05) is 24.9 Å². The Bertz CT molecular complexity index is 733. The average molecular weight is 312 g/mol. The van der Waals surface area contributed by atoms with Crippen molar-refractivity contribution in [3.05, 3.63) is 29.2 Å². The van der Waals surface area contributed by atoms with E-state index in [1.165, 1.54) is 5.57 Å². The van der Waals surface area contributed by atoms with Gasteiger partial charge in [0.2, 0.25) is 5.95 Å². The molecule has 0 aliphatic carbocycles. The van der Waals surface area contributed by atoms with Gasteiger partial charge in [0.05, 0.1) is 24.0 Å². The number of aryl methyl sites for hydroxylation is 1. The highest BCUT2D eigenvalue weighted by Crippen LogP contribution is 2.35. The molecule has 0 aromatic carbocycles. The molecule has 3 N–H and O–H groups in total. The Morgan fingerprint density at radius 2 is 2.30 bits per heavy atom. The predicted octanol–water partition coefficient (Wildman–Crippen LogP) is 1.63. The zero-order chi connectivity index (χ0) is 15.8. The third kappa shape index (κ3) is 2.57. The van der Waals surface area contributed by atoms with E-state index in [1.54, 1.807) is 6.20 Å². The van der Waals surface area contributed by atoms with Gasteiger partial charge in [-0.2, -0.15) is 10.1 Å². The lowest BCUT2D eigenvalue weighted by molar-refractivity contribution is 0.0797. The molecule has 7 heteroatoms. The highest BCUT2D eigenvalue weighted by atomic mass is 16.5. The van der Waals surface area contributed by atoms with E-state index in [-0.39, 0.29) is 0 Å². The van der Waals surface area contributed by atoms with Crippen molar-refractivity contribution in [2.24, 2.45) is 0 Å². The number of aromatic nitrogens is 4. The van der Waals surface area contributed by atoms with Crippen molar-refractivity contribution in [3.63, 3.8) is 0 Å². The Balaban J connectivity index is 1.80. The maximum absolute atomic E-state index is 5.89. The summed E-state index contributed by atoms with van der Waals surface area (Å²) < 4.78 is 5.68. The van der Waals surface area contributed by atoms with E-state index < -0.39 is 0 Å². The third-order valence-corrected chi connectivity index (χ3v) is 4.49. The SMILES string of the molecule is Cc1nc(N)nc2c1C=C(c1ccn[nH]1)CN2[C@@H]1CCCOC1. The fourth-order valence-corrected chi connectivity index (χ4v) is 3.32. The van der Waals surface area contributed by atoms with E-state index in [0.717, 1.165) is 55.4 Å². The van der Waals surface area contributed by atoms with Gasteiger partial charge in [0.1, 0.15) is 5.82 Å². The maximum Gasteiger partial charge on any atom is 0.222 e. The lowest BCUT2D eigenvalue weighted by atomic mass is 9.99. The number of aromatic amines is 1. The predicted molar refractivity (Wildman–Crippen MR) is 88.8 cm³/mol. The molecule has 0 amide bonds. The molecule has 0 bridgehead atoms. The number of hydrogen-bond acceptors (Lipinski definition) is 6. The topological polar surface area (TPSA) is 92.9 Å². The molecule has 1 saturated heterocycles. The van der Waals surface area contributed by atoms with Crippen molar-refractivity contribution in [2.45, 2.75) is 25.8 Å². The molecule has 2 aliphatic rings. The molecular weight excluding hydrogens is 292 g/mol. The summed E-state index contributed by atoms with van der Waals surface area (Å²) in [6.45, 7) is 4.29. The van der Waals surface area contributed by atoms with Gasteiger partial charge in [-0.25, -0.2) is 4.98 Å². The van der Waals surface area contributed by atoms with Gasteiger partial charge < -0.3 is 15.4 Å². The molecule has 1 fully saturated rings. The van der Waals surface area contributed by atoms with Crippen molar-refractivity contribution in [1.29, 1.82) is 0 Å². The van der Waals surface area contributed by atoms with Gasteiger partial charge in [0.25, 0.3) is 0 Å². The first-order chi connectivity index (χ1) is 11.2. The Labute approximate surface area is 134 Å². The van der Waals surface area contributed by atoms with Crippen LogP contribution >= 0.6 is 0 Å². The van der Waals surface area contributed by atoms with Crippen LogP contribution < -0.4 is 10.6 Å². The van der Waals surface area contributed by atoms with Crippen LogP contribution in [-0.2, 0) is 4.74 Å². The molecule has 2 aliphatic heterocycles. The highest BCUT2D eigenvalue weighted by molar-refractivity contribution is 5.90. The average Bonchev–Trinajstić information content (AvgIpc) is 3.09. The Morgan fingerprint density at radius 3 is 3.04 bits per heavy atom. The van der Waals surface area contributed by atoms with Gasteiger partial charge in [-0.05, 0) is 37.5 Å². The number of ether oxygens (including phenoxy) is 1. The van der Waals surface area contributed by atoms with Crippen LogP contribution in [0.15, 0.2) is 12.3 Å². The Morgan fingerprint density at radius 1 is 1.39 bits per heavy atom. The molecule has 2 aromatic rings. The quantitative estimate of drug-likeness (QED) is 0.875. The van der Waals surface area contributed by atoms with Crippen LogP contribution in [0.1, 0.15) is 29.8 Å². The lowest BCUT2D eigenvalue weighted by Gasteiger charge is -2.38. The summed E-state index contributed by atoms with van der Waals surface area (Å²) in [5.41, 5.74) is 10.0. The minimum absolute atomic E-state index is 0.308. The molecule has 7 nitrogen and oxygen atoms in total. The monoisotopic (exact) mass is 312 g/mol. The van der Waals surface area contributed by atoms with Crippen LogP contribution in [0.25, 0.3) is 11.6 Å². The summed E-state index contributed by atoms with van der Waals surface area (Å²) >= 11 is 0. The summed E-state index contributed by atoms with van der Waals surface area (Å²) in [4.78, 5) is 11.1. The summed E-state index contributed by atoms with van der Waals surface area (Å²) in [7, 11) is 0. The number of nitrogens with one attached hydrogen (secondary N) is 1. The molecular formula is C16H20N6O. The van der Waals surface area contributed by atoms with E-state index in [2.05, 4.69) is 31.1 Å². The van der Waals surface area contributed by atoms with E-state index in [0.29, 0.717) is 12.0 Å². The minimum Gasteiger partial charge on any atom is -0.379 e. The van der Waals surface area contributed by atoms with Crippen molar-refractivity contribution in [1.82, 2.24) is 20.2 Å². The fraction of sp³-hybridized carbons (Fsp3) is 0.438. The zero-order valence-electron chi connectivity index (χ0n) is 13.1. The van der Waals surface area contributed by atoms with E-state index in [9.17, 15) is 0 Å². The minimum atomic E-state index is 0.308. The molecule has 23 heavy (non-hydrogen) atoms. The second-order valence-corrected chi connectivity index (χ2v) is 6.04. The molecule has 120 valence electrons. The second-order valence-electron chi connectivity index (χ2n) is 6.04. The fourth-order valence-electron chi connectivity index (χ4n) is 3.32. The van der Waals surface area contributed by atoms with E-state index in [1.807, 2.05) is 13.0 Å². The second kappa shape index (κ2) is 5.66. The summed E-state index contributed by atoms with van der Waals surface area (Å²) in [6, 6.07) is 2.29. The summed E-state index contributed by atoms with van der Waals surface area (Å²) in [5.74, 6) is 1.23. The van der Waals surface area contributed by atoms with Crippen LogP contribution in [-0.4, -0.2) is 46.0 Å². The summed E-state index contributed by atoms with van der Waals surface area (Å²) in [5, 5.41) is 7.12. The normalized spacial score (nSPS) is 21.0. The number of nitrogens with zero attached hydrogens (tertiary/aromatic N) is 4. The Hall–Kier alpha value is -2.41. The largest absolute Gasteiger partial charge is 0.379 e. The zero-order valence-corrected chi connectivity index (χ0v) is 13.1. The number of hydrogen-bond donors (Lipinski definition) is 2. The van der Waals surface area contributed by atoms with Gasteiger partial charge in [-0.1, -0.05) is 0 Å². The van der Waals surface area contributed by atoms with Crippen molar-refractivity contribution < 1.29 is 4.74 Å². The standard InChI is InChI=1S/C16H20N6O/c1-10-13-7-11(14-4-5-18-21-14)8-22(12-3-2-6-23-9-12)15(13)20-16(17)19-10/h4-5,7,12H,2-3,6,8-9H2,1H3,(H,18,21)(H2,17,19,20)/t12-/m1/s1. The third-order valence-electron chi connectivity index (χ3n) is 4.49. The van der Waals surface area contributed by atoms with Gasteiger partial charge >= 0.3 is 0 Å². The Kier molecular flexibility index (Phi) is 3.49. The molecule has 0 unspecified atom stereocenters. The number of nitrogen functional groups attached to an aromatic ring is 1. The van der Waals surface area contributed by atoms with E-state index >= 15 is 0 Å². The van der Waals surface area contributed by atoms with Crippen LogP contribution in [0.3, 0.4) is 0 Å². The number of rotatable bonds is 2. The van der Waals surface area contributed by atoms with Crippen LogP contribution in [0.2, 0.25) is 0 Å². The van der Waals surface area contributed by atoms with Crippen LogP contribution in [0.4, 0.5) is 11.8 Å². The number of anilines is 2. The summed E-state index contributed by atoms with van der Waals surface area (Å²) in [6.07, 6.45) is 6.07. The van der Waals surface area contributed by atoms with Crippen molar-refractivity contribution in [3.8, 4) is 0 Å². The molecule has 0 saturated carbocycles. The first kappa shape index (κ1) is 14.2. The maximum atomic E-state index is 5.89. The molecule has 1 atom stereocenters. The van der Waals surface area contributed by atoms with Crippen molar-refractivity contribution in [2.75, 3.05) is 30.4 Å². The van der Waals surface area contributed by atoms with Gasteiger partial charge in [0.15, 0.2) is 0 Å². The molecule has 4 rings (SSSR count). The molecule has 4 heterocycles. The first-order valence-electron chi connectivity index (χ1n) is 7.91. The van der Waals surface area contributed by atoms with Gasteiger partial charge in [-0.3, -0.25) is 5.10 Å². The number of H-pyrrole nitrogens is 1. The van der Waals surface area contributed by atoms with Crippen LogP contribution in [0.5, 0.6) is 0 Å². The number of fused-ring (bicyclic) bond motifs is 1. The lowest BCUT2D eigenvalue weighted by Crippen LogP contribution is -2.44. The van der Waals surface area contributed by atoms with Crippen molar-refractivity contribution >= 4 is 23.4 Å². The molecule has 0 spiro atoms. The number of nitrogens with two attached hydrogens (primary N) is 1. The van der Waals surface area contributed by atoms with E-state index in [4.69, 9.17) is 10.5 Å². The highest BCUT2D eigenvalue weighted by Gasteiger charge is 2.30. The smallest absolute Gasteiger partial charge is 0.222 e. The van der Waals surface area contributed by atoms with Gasteiger partial charge in [-0.15, -0.1) is 0 Å². The molecule has 0 radical (unpaired) electrons. The first-order valence-corrected chi connectivity index (χ1v) is 7.91.